The number of imidazole rings is 1. The van der Waals surface area contributed by atoms with Crippen LogP contribution in [0.2, 0.25) is 0 Å². The second kappa shape index (κ2) is 8.99. The van der Waals surface area contributed by atoms with Gasteiger partial charge in [-0.1, -0.05) is 12.1 Å². The summed E-state index contributed by atoms with van der Waals surface area (Å²) in [5, 5.41) is 5.67. The van der Waals surface area contributed by atoms with Gasteiger partial charge in [0, 0.05) is 36.9 Å². The van der Waals surface area contributed by atoms with Crippen LogP contribution in [0.15, 0.2) is 61.2 Å². The summed E-state index contributed by atoms with van der Waals surface area (Å²) >= 11 is 0. The zero-order chi connectivity index (χ0) is 21.8. The number of rotatable bonds is 4. The molecule has 160 valence electrons. The lowest BCUT2D eigenvalue weighted by atomic mass is 9.97. The van der Waals surface area contributed by atoms with Gasteiger partial charge in [-0.2, -0.15) is 0 Å². The molecule has 2 N–H and O–H groups in total. The fourth-order valence-corrected chi connectivity index (χ4v) is 3.74. The number of nitrogens with one attached hydrogen (secondary N) is 2. The Labute approximate surface area is 179 Å². The standard InChI is InChI=1S/C23H24FN5O2/c1-16-4-2-6-18(12-16)27-23(31)28-10-3-5-17(14-28)22(30)26-19-7-8-21(20(24)13-19)29-11-9-25-15-29/h2,4,6-9,11-13,15,17H,3,5,10,14H2,1H3,(H,26,30)(H,27,31). The maximum atomic E-state index is 14.4. The van der Waals surface area contributed by atoms with Gasteiger partial charge in [-0.05, 0) is 55.7 Å². The third-order valence-corrected chi connectivity index (χ3v) is 5.35. The van der Waals surface area contributed by atoms with Crippen LogP contribution in [0.1, 0.15) is 18.4 Å². The smallest absolute Gasteiger partial charge is 0.321 e. The average molecular weight is 421 g/mol. The number of carbonyl (C=O) groups is 2. The van der Waals surface area contributed by atoms with Crippen LogP contribution in [-0.2, 0) is 4.79 Å². The van der Waals surface area contributed by atoms with E-state index < -0.39 is 5.82 Å². The van der Waals surface area contributed by atoms with E-state index in [-0.39, 0.29) is 17.9 Å². The van der Waals surface area contributed by atoms with Crippen LogP contribution in [-0.4, -0.2) is 39.5 Å². The van der Waals surface area contributed by atoms with Gasteiger partial charge in [-0.25, -0.2) is 14.2 Å². The van der Waals surface area contributed by atoms with E-state index in [0.29, 0.717) is 30.9 Å². The number of benzene rings is 2. The summed E-state index contributed by atoms with van der Waals surface area (Å²) in [4.78, 5) is 30.9. The normalized spacial score (nSPS) is 16.1. The van der Waals surface area contributed by atoms with Crippen LogP contribution < -0.4 is 10.6 Å². The number of carbonyl (C=O) groups excluding carboxylic acids is 2. The highest BCUT2D eigenvalue weighted by Gasteiger charge is 2.28. The van der Waals surface area contributed by atoms with Gasteiger partial charge in [0.1, 0.15) is 5.82 Å². The Morgan fingerprint density at radius 2 is 1.97 bits per heavy atom. The first-order valence-corrected chi connectivity index (χ1v) is 10.2. The van der Waals surface area contributed by atoms with Crippen LogP contribution >= 0.6 is 0 Å². The maximum absolute atomic E-state index is 14.4. The number of urea groups is 1. The van der Waals surface area contributed by atoms with Crippen molar-refractivity contribution in [1.29, 1.82) is 0 Å². The SMILES string of the molecule is Cc1cccc(NC(=O)N2CCCC(C(=O)Nc3ccc(-n4ccnc4)c(F)c3)C2)c1. The number of halogens is 1. The summed E-state index contributed by atoms with van der Waals surface area (Å²) in [6, 6.07) is 11.9. The van der Waals surface area contributed by atoms with Gasteiger partial charge in [0.15, 0.2) is 0 Å². The van der Waals surface area contributed by atoms with Crippen LogP contribution in [0.5, 0.6) is 0 Å². The lowest BCUT2D eigenvalue weighted by Crippen LogP contribution is -2.45. The molecule has 3 amide bonds. The third kappa shape index (κ3) is 4.91. The molecule has 1 aliphatic rings. The minimum atomic E-state index is -0.460. The van der Waals surface area contributed by atoms with Gasteiger partial charge in [0.05, 0.1) is 17.9 Å². The van der Waals surface area contributed by atoms with E-state index in [1.807, 2.05) is 31.2 Å². The number of amides is 3. The molecule has 7 nitrogen and oxygen atoms in total. The molecular weight excluding hydrogens is 397 g/mol. The average Bonchev–Trinajstić information content (AvgIpc) is 3.28. The van der Waals surface area contributed by atoms with E-state index in [1.165, 1.54) is 12.4 Å². The van der Waals surface area contributed by atoms with Crippen molar-refractivity contribution in [3.8, 4) is 5.69 Å². The van der Waals surface area contributed by atoms with E-state index in [1.54, 1.807) is 34.0 Å². The topological polar surface area (TPSA) is 79.3 Å². The summed E-state index contributed by atoms with van der Waals surface area (Å²) in [6.45, 7) is 2.87. The van der Waals surface area contributed by atoms with Gasteiger partial charge in [-0.15, -0.1) is 0 Å². The van der Waals surface area contributed by atoms with Crippen LogP contribution in [0.25, 0.3) is 5.69 Å². The van der Waals surface area contributed by atoms with Gasteiger partial charge >= 0.3 is 6.03 Å². The minimum Gasteiger partial charge on any atom is -0.326 e. The summed E-state index contributed by atoms with van der Waals surface area (Å²) in [5.74, 6) is -1.03. The predicted octanol–water partition coefficient (Wildman–Crippen LogP) is 4.20. The first-order chi connectivity index (χ1) is 15.0. The van der Waals surface area contributed by atoms with Gasteiger partial charge < -0.3 is 20.1 Å². The number of hydrogen-bond donors (Lipinski definition) is 2. The summed E-state index contributed by atoms with van der Waals surface area (Å²) in [5.41, 5.74) is 2.52. The molecule has 3 aromatic rings. The van der Waals surface area contributed by atoms with E-state index in [4.69, 9.17) is 0 Å². The molecule has 4 rings (SSSR count). The second-order valence-electron chi connectivity index (χ2n) is 7.71. The number of aryl methyl sites for hydroxylation is 1. The van der Waals surface area contributed by atoms with Crippen LogP contribution in [0, 0.1) is 18.7 Å². The highest BCUT2D eigenvalue weighted by atomic mass is 19.1. The van der Waals surface area contributed by atoms with Crippen molar-refractivity contribution < 1.29 is 14.0 Å². The van der Waals surface area contributed by atoms with Gasteiger partial charge in [0.25, 0.3) is 0 Å². The molecule has 1 atom stereocenters. The first kappa shape index (κ1) is 20.6. The largest absolute Gasteiger partial charge is 0.326 e. The molecule has 0 aliphatic carbocycles. The van der Waals surface area contributed by atoms with Crippen molar-refractivity contribution in [2.45, 2.75) is 19.8 Å². The molecule has 0 bridgehead atoms. The van der Waals surface area contributed by atoms with Gasteiger partial charge in [-0.3, -0.25) is 4.79 Å². The van der Waals surface area contributed by atoms with Gasteiger partial charge in [0.2, 0.25) is 5.91 Å². The molecule has 1 unspecified atom stereocenters. The first-order valence-electron chi connectivity index (χ1n) is 10.2. The fraction of sp³-hybridized carbons (Fsp3) is 0.261. The van der Waals surface area contributed by atoms with Crippen LogP contribution in [0.4, 0.5) is 20.6 Å². The predicted molar refractivity (Wildman–Crippen MR) is 117 cm³/mol. The number of anilines is 2. The van der Waals surface area contributed by atoms with Crippen molar-refractivity contribution >= 4 is 23.3 Å². The van der Waals surface area contributed by atoms with Crippen molar-refractivity contribution in [3.63, 3.8) is 0 Å². The molecule has 1 aromatic heterocycles. The van der Waals surface area contributed by atoms with Crippen molar-refractivity contribution in [1.82, 2.24) is 14.5 Å². The third-order valence-electron chi connectivity index (χ3n) is 5.35. The number of piperidine rings is 1. The molecule has 2 aromatic carbocycles. The molecule has 0 spiro atoms. The Hall–Kier alpha value is -3.68. The second-order valence-corrected chi connectivity index (χ2v) is 7.71. The lowest BCUT2D eigenvalue weighted by Gasteiger charge is -2.32. The Bertz CT molecular complexity index is 1080. The fourth-order valence-electron chi connectivity index (χ4n) is 3.74. The molecule has 0 radical (unpaired) electrons. The molecule has 1 aliphatic heterocycles. The Morgan fingerprint density at radius 3 is 2.71 bits per heavy atom. The molecule has 1 saturated heterocycles. The zero-order valence-electron chi connectivity index (χ0n) is 17.2. The number of hydrogen-bond acceptors (Lipinski definition) is 3. The highest BCUT2D eigenvalue weighted by molar-refractivity contribution is 5.94. The summed E-state index contributed by atoms with van der Waals surface area (Å²) < 4.78 is 16.0. The van der Waals surface area contributed by atoms with E-state index in [9.17, 15) is 14.0 Å². The van der Waals surface area contributed by atoms with Crippen LogP contribution in [0.3, 0.4) is 0 Å². The zero-order valence-corrected chi connectivity index (χ0v) is 17.2. The number of aromatic nitrogens is 2. The Kier molecular flexibility index (Phi) is 5.97. The van der Waals surface area contributed by atoms with E-state index in [2.05, 4.69) is 15.6 Å². The molecule has 1 fully saturated rings. The molecular formula is C23H24FN5O2. The van der Waals surface area contributed by atoms with Crippen molar-refractivity contribution in [3.05, 3.63) is 72.6 Å². The summed E-state index contributed by atoms with van der Waals surface area (Å²) in [7, 11) is 0. The summed E-state index contributed by atoms with van der Waals surface area (Å²) in [6.07, 6.45) is 6.13. The Morgan fingerprint density at radius 1 is 1.13 bits per heavy atom. The lowest BCUT2D eigenvalue weighted by molar-refractivity contribution is -0.121. The maximum Gasteiger partial charge on any atom is 0.321 e. The Balaban J connectivity index is 1.37. The van der Waals surface area contributed by atoms with Crippen molar-refractivity contribution in [2.24, 2.45) is 5.92 Å². The monoisotopic (exact) mass is 421 g/mol. The van der Waals surface area contributed by atoms with E-state index in [0.717, 1.165) is 17.7 Å². The number of nitrogens with zero attached hydrogens (tertiary/aromatic N) is 3. The highest BCUT2D eigenvalue weighted by Crippen LogP contribution is 2.22. The molecule has 2 heterocycles. The van der Waals surface area contributed by atoms with E-state index >= 15 is 0 Å². The minimum absolute atomic E-state index is 0.220. The quantitative estimate of drug-likeness (QED) is 0.663. The molecule has 31 heavy (non-hydrogen) atoms. The molecule has 8 heteroatoms. The van der Waals surface area contributed by atoms with Crippen molar-refractivity contribution in [2.75, 3.05) is 23.7 Å². The molecule has 0 saturated carbocycles. The number of likely N-dealkylation sites (tertiary alicyclic amines) is 1.